The van der Waals surface area contributed by atoms with E-state index in [1.165, 1.54) is 6.07 Å². The number of benzene rings is 2. The van der Waals surface area contributed by atoms with Gasteiger partial charge in [-0.1, -0.05) is 30.3 Å². The minimum absolute atomic E-state index is 0.151. The Hall–Kier alpha value is -2.60. The van der Waals surface area contributed by atoms with Gasteiger partial charge in [0.2, 0.25) is 5.91 Å². The molecule has 28 heavy (non-hydrogen) atoms. The molecule has 0 radical (unpaired) electrons. The van der Waals surface area contributed by atoms with Gasteiger partial charge in [0.15, 0.2) is 0 Å². The first-order valence-corrected chi connectivity index (χ1v) is 9.79. The zero-order valence-electron chi connectivity index (χ0n) is 16.4. The molecule has 0 spiro atoms. The van der Waals surface area contributed by atoms with Crippen LogP contribution in [0.2, 0.25) is 0 Å². The van der Waals surface area contributed by atoms with Crippen LogP contribution in [-0.2, 0) is 11.2 Å². The van der Waals surface area contributed by atoms with E-state index in [0.717, 1.165) is 24.3 Å². The first-order valence-electron chi connectivity index (χ1n) is 9.79. The second-order valence-electron chi connectivity index (χ2n) is 6.88. The van der Waals surface area contributed by atoms with Crippen LogP contribution in [0.15, 0.2) is 48.5 Å². The van der Waals surface area contributed by atoms with E-state index >= 15 is 0 Å². The summed E-state index contributed by atoms with van der Waals surface area (Å²) in [6.45, 7) is 4.04. The fourth-order valence-corrected chi connectivity index (χ4v) is 3.52. The summed E-state index contributed by atoms with van der Waals surface area (Å²) in [7, 11) is 1.68. The van der Waals surface area contributed by atoms with Crippen LogP contribution in [0.25, 0.3) is 0 Å². The summed E-state index contributed by atoms with van der Waals surface area (Å²) in [5.41, 5.74) is 1.78. The van der Waals surface area contributed by atoms with Crippen molar-refractivity contribution in [3.63, 3.8) is 0 Å². The molecule has 0 saturated carbocycles. The lowest BCUT2D eigenvalue weighted by atomic mass is 10.1. The molecule has 1 saturated heterocycles. The van der Waals surface area contributed by atoms with E-state index in [1.54, 1.807) is 19.2 Å². The molecule has 1 N–H and O–H groups in total. The second-order valence-corrected chi connectivity index (χ2v) is 6.88. The van der Waals surface area contributed by atoms with Gasteiger partial charge < -0.3 is 19.9 Å². The molecule has 5 nitrogen and oxygen atoms in total. The number of nitrogens with one attached hydrogen (secondary N) is 1. The summed E-state index contributed by atoms with van der Waals surface area (Å²) in [6, 6.07) is 14.8. The van der Waals surface area contributed by atoms with Crippen LogP contribution in [-0.4, -0.2) is 57.2 Å². The van der Waals surface area contributed by atoms with Crippen LogP contribution in [0.4, 0.5) is 10.1 Å². The Kier molecular flexibility index (Phi) is 7.25. The molecule has 2 aromatic carbocycles. The van der Waals surface area contributed by atoms with Crippen molar-refractivity contribution in [2.24, 2.45) is 0 Å². The molecule has 2 aromatic rings. The van der Waals surface area contributed by atoms with Crippen molar-refractivity contribution in [2.45, 2.75) is 12.8 Å². The molecule has 1 aliphatic heterocycles. The van der Waals surface area contributed by atoms with Crippen LogP contribution in [0, 0.1) is 5.82 Å². The number of rotatable bonds is 8. The Morgan fingerprint density at radius 2 is 1.75 bits per heavy atom. The summed E-state index contributed by atoms with van der Waals surface area (Å²) in [6.07, 6.45) is 1.34. The van der Waals surface area contributed by atoms with Crippen molar-refractivity contribution in [3.8, 4) is 5.75 Å². The zero-order chi connectivity index (χ0) is 19.8. The highest BCUT2D eigenvalue weighted by Crippen LogP contribution is 2.20. The molecule has 1 heterocycles. The van der Waals surface area contributed by atoms with Crippen molar-refractivity contribution in [1.29, 1.82) is 0 Å². The van der Waals surface area contributed by atoms with E-state index in [9.17, 15) is 9.18 Å². The first kappa shape index (κ1) is 20.1. The quantitative estimate of drug-likeness (QED) is 0.710. The van der Waals surface area contributed by atoms with Crippen LogP contribution >= 0.6 is 0 Å². The molecule has 0 unspecified atom stereocenters. The van der Waals surface area contributed by atoms with Gasteiger partial charge in [-0.2, -0.15) is 0 Å². The summed E-state index contributed by atoms with van der Waals surface area (Å²) in [4.78, 5) is 16.3. The fraction of sp³-hybridized carbons (Fsp3) is 0.409. The summed E-state index contributed by atoms with van der Waals surface area (Å²) in [5, 5.41) is 3.33. The molecule has 150 valence electrons. The summed E-state index contributed by atoms with van der Waals surface area (Å²) in [5.74, 6) is 0.840. The van der Waals surface area contributed by atoms with E-state index in [4.69, 9.17) is 4.74 Å². The van der Waals surface area contributed by atoms with Crippen molar-refractivity contribution in [3.05, 3.63) is 59.9 Å². The van der Waals surface area contributed by atoms with Crippen LogP contribution in [0.3, 0.4) is 0 Å². The number of carbonyl (C=O) groups excluding carboxylic acids is 1. The van der Waals surface area contributed by atoms with Gasteiger partial charge in [-0.05, 0) is 36.7 Å². The van der Waals surface area contributed by atoms with Crippen LogP contribution < -0.4 is 15.0 Å². The number of amides is 1. The van der Waals surface area contributed by atoms with E-state index in [2.05, 4.69) is 11.4 Å². The van der Waals surface area contributed by atoms with Crippen LogP contribution in [0.5, 0.6) is 5.75 Å². The van der Waals surface area contributed by atoms with Gasteiger partial charge in [-0.3, -0.25) is 4.79 Å². The number of hydrogen-bond acceptors (Lipinski definition) is 4. The van der Waals surface area contributed by atoms with Gasteiger partial charge in [0.1, 0.15) is 11.6 Å². The number of piperazine rings is 1. The van der Waals surface area contributed by atoms with Gasteiger partial charge in [0.25, 0.3) is 0 Å². The number of carbonyl (C=O) groups is 1. The van der Waals surface area contributed by atoms with E-state index in [0.29, 0.717) is 44.8 Å². The lowest BCUT2D eigenvalue weighted by molar-refractivity contribution is -0.131. The largest absolute Gasteiger partial charge is 0.496 e. The molecule has 1 fully saturated rings. The third-order valence-corrected chi connectivity index (χ3v) is 5.10. The van der Waals surface area contributed by atoms with Gasteiger partial charge in [0, 0.05) is 39.1 Å². The normalized spacial score (nSPS) is 14.2. The lowest BCUT2D eigenvalue weighted by Crippen LogP contribution is -2.49. The number of halogens is 1. The number of hydrogen-bond donors (Lipinski definition) is 1. The predicted molar refractivity (Wildman–Crippen MR) is 109 cm³/mol. The Morgan fingerprint density at radius 1 is 1.04 bits per heavy atom. The molecular formula is C22H28FN3O2. The number of nitrogens with zero attached hydrogens (tertiary/aromatic N) is 2. The molecule has 0 aromatic heterocycles. The van der Waals surface area contributed by atoms with Gasteiger partial charge in [-0.25, -0.2) is 4.39 Å². The minimum Gasteiger partial charge on any atom is -0.496 e. The second kappa shape index (κ2) is 10.1. The van der Waals surface area contributed by atoms with Crippen molar-refractivity contribution in [2.75, 3.05) is 51.3 Å². The van der Waals surface area contributed by atoms with Gasteiger partial charge >= 0.3 is 0 Å². The highest BCUT2D eigenvalue weighted by Gasteiger charge is 2.22. The summed E-state index contributed by atoms with van der Waals surface area (Å²) >= 11 is 0. The average Bonchev–Trinajstić information content (AvgIpc) is 2.74. The molecule has 0 atom stereocenters. The Morgan fingerprint density at radius 3 is 2.50 bits per heavy atom. The highest BCUT2D eigenvalue weighted by atomic mass is 19.1. The SMILES string of the molecule is COc1ccccc1CCNCCC(=O)N1CCN(c2ccccc2F)CC1. The minimum atomic E-state index is -0.207. The lowest BCUT2D eigenvalue weighted by Gasteiger charge is -2.36. The number of anilines is 1. The zero-order valence-corrected chi connectivity index (χ0v) is 16.4. The third kappa shape index (κ3) is 5.23. The molecule has 1 aliphatic rings. The number of methoxy groups -OCH3 is 1. The average molecular weight is 385 g/mol. The molecular weight excluding hydrogens is 357 g/mol. The smallest absolute Gasteiger partial charge is 0.223 e. The van der Waals surface area contributed by atoms with Crippen molar-refractivity contribution in [1.82, 2.24) is 10.2 Å². The number of para-hydroxylation sites is 2. The molecule has 0 bridgehead atoms. The molecule has 1 amide bonds. The van der Waals surface area contributed by atoms with E-state index < -0.39 is 0 Å². The van der Waals surface area contributed by atoms with Gasteiger partial charge in [-0.15, -0.1) is 0 Å². The Balaban J connectivity index is 1.35. The molecule has 3 rings (SSSR count). The van der Waals surface area contributed by atoms with E-state index in [-0.39, 0.29) is 11.7 Å². The molecule has 0 aliphatic carbocycles. The third-order valence-electron chi connectivity index (χ3n) is 5.10. The maximum atomic E-state index is 13.9. The summed E-state index contributed by atoms with van der Waals surface area (Å²) < 4.78 is 19.3. The molecule has 6 heteroatoms. The monoisotopic (exact) mass is 385 g/mol. The standard InChI is InChI=1S/C22H28FN3O2/c1-28-21-9-5-2-6-18(21)10-12-24-13-11-22(27)26-16-14-25(15-17-26)20-8-4-3-7-19(20)23/h2-9,24H,10-17H2,1H3. The topological polar surface area (TPSA) is 44.8 Å². The Labute approximate surface area is 166 Å². The highest BCUT2D eigenvalue weighted by molar-refractivity contribution is 5.76. The first-order chi connectivity index (χ1) is 13.7. The fourth-order valence-electron chi connectivity index (χ4n) is 3.52. The number of ether oxygens (including phenoxy) is 1. The maximum absolute atomic E-state index is 13.9. The van der Waals surface area contributed by atoms with Crippen LogP contribution in [0.1, 0.15) is 12.0 Å². The van der Waals surface area contributed by atoms with Crippen molar-refractivity contribution < 1.29 is 13.9 Å². The van der Waals surface area contributed by atoms with Crippen molar-refractivity contribution >= 4 is 11.6 Å². The Bertz CT molecular complexity index is 776. The van der Waals surface area contributed by atoms with Gasteiger partial charge in [0.05, 0.1) is 12.8 Å². The predicted octanol–water partition coefficient (Wildman–Crippen LogP) is 2.71. The van der Waals surface area contributed by atoms with E-state index in [1.807, 2.05) is 34.1 Å². The maximum Gasteiger partial charge on any atom is 0.223 e.